The van der Waals surface area contributed by atoms with Gasteiger partial charge in [-0.3, -0.25) is 4.79 Å². The molecule has 1 atom stereocenters. The number of hydrogen-bond donors (Lipinski definition) is 0. The van der Waals surface area contributed by atoms with Crippen molar-refractivity contribution in [2.24, 2.45) is 0 Å². The van der Waals surface area contributed by atoms with Crippen molar-refractivity contribution >= 4 is 27.3 Å². The minimum Gasteiger partial charge on any atom is -0.343 e. The summed E-state index contributed by atoms with van der Waals surface area (Å²) in [5, 5.41) is 5.00. The molecule has 1 amide bonds. The fourth-order valence-electron chi connectivity index (χ4n) is 2.76. The van der Waals surface area contributed by atoms with Crippen molar-refractivity contribution < 1.29 is 9.32 Å². The molecule has 0 saturated carbocycles. The standard InChI is InChI=1S/C15H13N3O2S/c19-15(13-7-10-3-1-2-4-12(10)21-13)18-6-5-11(8-18)14-16-9-20-17-14/h1-4,7,9,11H,5-6,8H2. The van der Waals surface area contributed by atoms with Gasteiger partial charge >= 0.3 is 0 Å². The lowest BCUT2D eigenvalue weighted by molar-refractivity contribution is 0.0795. The Morgan fingerprint density at radius 3 is 3.10 bits per heavy atom. The first-order valence-corrected chi connectivity index (χ1v) is 7.67. The molecule has 1 aliphatic heterocycles. The molecule has 1 aliphatic rings. The van der Waals surface area contributed by atoms with Gasteiger partial charge in [0.1, 0.15) is 0 Å². The van der Waals surface area contributed by atoms with Crippen LogP contribution in [-0.4, -0.2) is 34.0 Å². The average molecular weight is 299 g/mol. The summed E-state index contributed by atoms with van der Waals surface area (Å²) < 4.78 is 5.93. The van der Waals surface area contributed by atoms with Gasteiger partial charge in [0.05, 0.1) is 4.88 Å². The molecule has 0 radical (unpaired) electrons. The summed E-state index contributed by atoms with van der Waals surface area (Å²) in [5.74, 6) is 0.978. The number of aromatic nitrogens is 2. The zero-order valence-electron chi connectivity index (χ0n) is 11.2. The Hall–Kier alpha value is -2.21. The van der Waals surface area contributed by atoms with Crippen molar-refractivity contribution in [1.29, 1.82) is 0 Å². The maximum Gasteiger partial charge on any atom is 0.263 e. The summed E-state index contributed by atoms with van der Waals surface area (Å²) >= 11 is 1.55. The van der Waals surface area contributed by atoms with Crippen LogP contribution in [-0.2, 0) is 0 Å². The largest absolute Gasteiger partial charge is 0.343 e. The second-order valence-electron chi connectivity index (χ2n) is 5.17. The number of rotatable bonds is 2. The highest BCUT2D eigenvalue weighted by atomic mass is 32.1. The van der Waals surface area contributed by atoms with E-state index in [2.05, 4.69) is 10.1 Å². The van der Waals surface area contributed by atoms with E-state index in [9.17, 15) is 4.79 Å². The summed E-state index contributed by atoms with van der Waals surface area (Å²) in [4.78, 5) is 19.4. The monoisotopic (exact) mass is 299 g/mol. The highest BCUT2D eigenvalue weighted by molar-refractivity contribution is 7.20. The summed E-state index contributed by atoms with van der Waals surface area (Å²) in [6, 6.07) is 10.0. The molecule has 0 bridgehead atoms. The third-order valence-corrected chi connectivity index (χ3v) is 4.96. The molecule has 0 spiro atoms. The Kier molecular flexibility index (Phi) is 2.96. The minimum absolute atomic E-state index is 0.0993. The van der Waals surface area contributed by atoms with Crippen molar-refractivity contribution in [3.63, 3.8) is 0 Å². The Balaban J connectivity index is 1.55. The fourth-order valence-corrected chi connectivity index (χ4v) is 3.79. The van der Waals surface area contributed by atoms with Crippen molar-refractivity contribution in [2.45, 2.75) is 12.3 Å². The third kappa shape index (κ3) is 2.21. The lowest BCUT2D eigenvalue weighted by Gasteiger charge is -2.14. The number of thiophene rings is 1. The molecule has 106 valence electrons. The molecule has 1 fully saturated rings. The summed E-state index contributed by atoms with van der Waals surface area (Å²) in [6.07, 6.45) is 2.22. The van der Waals surface area contributed by atoms with Crippen LogP contribution in [0.1, 0.15) is 27.8 Å². The maximum atomic E-state index is 12.6. The van der Waals surface area contributed by atoms with Gasteiger partial charge in [-0.2, -0.15) is 4.98 Å². The van der Waals surface area contributed by atoms with E-state index in [1.54, 1.807) is 11.3 Å². The van der Waals surface area contributed by atoms with Crippen molar-refractivity contribution in [3.05, 3.63) is 47.4 Å². The Bertz CT molecular complexity index is 748. The van der Waals surface area contributed by atoms with Crippen LogP contribution >= 0.6 is 11.3 Å². The van der Waals surface area contributed by atoms with E-state index >= 15 is 0 Å². The second kappa shape index (κ2) is 4.96. The van der Waals surface area contributed by atoms with Gasteiger partial charge in [-0.1, -0.05) is 23.4 Å². The normalized spacial score (nSPS) is 18.5. The predicted octanol–water partition coefficient (Wildman–Crippen LogP) is 2.91. The SMILES string of the molecule is O=C(c1cc2ccccc2s1)N1CCC(c2ncon2)C1. The molecule has 1 unspecified atom stereocenters. The number of hydrogen-bond acceptors (Lipinski definition) is 5. The molecule has 0 aliphatic carbocycles. The summed E-state index contributed by atoms with van der Waals surface area (Å²) in [6.45, 7) is 1.40. The van der Waals surface area contributed by atoms with Crippen LogP contribution in [0, 0.1) is 0 Å². The van der Waals surface area contributed by atoms with Crippen LogP contribution in [0.5, 0.6) is 0 Å². The number of carbonyl (C=O) groups is 1. The van der Waals surface area contributed by atoms with Crippen LogP contribution < -0.4 is 0 Å². The molecule has 3 aromatic rings. The van der Waals surface area contributed by atoms with Crippen LogP contribution in [0.2, 0.25) is 0 Å². The highest BCUT2D eigenvalue weighted by Crippen LogP contribution is 2.30. The quantitative estimate of drug-likeness (QED) is 0.730. The Morgan fingerprint density at radius 2 is 2.29 bits per heavy atom. The second-order valence-corrected chi connectivity index (χ2v) is 6.26. The van der Waals surface area contributed by atoms with E-state index in [-0.39, 0.29) is 11.8 Å². The molecule has 1 aromatic carbocycles. The van der Waals surface area contributed by atoms with Gasteiger partial charge < -0.3 is 9.42 Å². The van der Waals surface area contributed by atoms with Gasteiger partial charge in [0.2, 0.25) is 6.39 Å². The molecular formula is C15H13N3O2S. The molecular weight excluding hydrogens is 286 g/mol. The van der Waals surface area contributed by atoms with Crippen molar-refractivity contribution in [2.75, 3.05) is 13.1 Å². The number of amides is 1. The minimum atomic E-state index is 0.0993. The highest BCUT2D eigenvalue weighted by Gasteiger charge is 2.30. The van der Waals surface area contributed by atoms with E-state index in [1.807, 2.05) is 35.2 Å². The van der Waals surface area contributed by atoms with Crippen LogP contribution in [0.25, 0.3) is 10.1 Å². The first-order valence-electron chi connectivity index (χ1n) is 6.85. The van der Waals surface area contributed by atoms with E-state index in [0.717, 1.165) is 27.9 Å². The molecule has 21 heavy (non-hydrogen) atoms. The topological polar surface area (TPSA) is 59.2 Å². The molecule has 5 nitrogen and oxygen atoms in total. The molecule has 0 N–H and O–H groups in total. The Labute approximate surface area is 125 Å². The maximum absolute atomic E-state index is 12.6. The molecule has 1 saturated heterocycles. The van der Waals surface area contributed by atoms with Crippen molar-refractivity contribution in [1.82, 2.24) is 15.0 Å². The molecule has 4 rings (SSSR count). The van der Waals surface area contributed by atoms with E-state index in [0.29, 0.717) is 12.4 Å². The smallest absolute Gasteiger partial charge is 0.263 e. The summed E-state index contributed by atoms with van der Waals surface area (Å²) in [5.41, 5.74) is 0. The van der Waals surface area contributed by atoms with Crippen LogP contribution in [0.4, 0.5) is 0 Å². The fraction of sp³-hybridized carbons (Fsp3) is 0.267. The van der Waals surface area contributed by atoms with Crippen molar-refractivity contribution in [3.8, 4) is 0 Å². The molecule has 6 heteroatoms. The van der Waals surface area contributed by atoms with Gasteiger partial charge in [0.15, 0.2) is 5.82 Å². The lowest BCUT2D eigenvalue weighted by Crippen LogP contribution is -2.27. The van der Waals surface area contributed by atoms with Crippen LogP contribution in [0.15, 0.2) is 41.2 Å². The number of benzene rings is 1. The number of carbonyl (C=O) groups excluding carboxylic acids is 1. The predicted molar refractivity (Wildman–Crippen MR) is 79.4 cm³/mol. The summed E-state index contributed by atoms with van der Waals surface area (Å²) in [7, 11) is 0. The number of fused-ring (bicyclic) bond motifs is 1. The van der Waals surface area contributed by atoms with Crippen LogP contribution in [0.3, 0.4) is 0 Å². The van der Waals surface area contributed by atoms with E-state index in [4.69, 9.17) is 4.52 Å². The van der Waals surface area contributed by atoms with Gasteiger partial charge in [0.25, 0.3) is 5.91 Å². The Morgan fingerprint density at radius 1 is 1.38 bits per heavy atom. The number of likely N-dealkylation sites (tertiary alicyclic amines) is 1. The van der Waals surface area contributed by atoms with E-state index in [1.165, 1.54) is 6.39 Å². The van der Waals surface area contributed by atoms with Gasteiger partial charge in [0, 0.05) is 23.7 Å². The van der Waals surface area contributed by atoms with Gasteiger partial charge in [-0.15, -0.1) is 11.3 Å². The first kappa shape index (κ1) is 12.5. The number of nitrogens with zero attached hydrogens (tertiary/aromatic N) is 3. The average Bonchev–Trinajstić information content (AvgIpc) is 3.24. The van der Waals surface area contributed by atoms with Gasteiger partial charge in [-0.05, 0) is 23.9 Å². The van der Waals surface area contributed by atoms with Gasteiger partial charge in [-0.25, -0.2) is 0 Å². The zero-order chi connectivity index (χ0) is 14.2. The lowest BCUT2D eigenvalue weighted by atomic mass is 10.1. The third-order valence-electron chi connectivity index (χ3n) is 3.86. The molecule has 3 heterocycles. The zero-order valence-corrected chi connectivity index (χ0v) is 12.0. The molecule has 2 aromatic heterocycles. The van der Waals surface area contributed by atoms with E-state index < -0.39 is 0 Å². The first-order chi connectivity index (χ1) is 10.3.